The van der Waals surface area contributed by atoms with Gasteiger partial charge < -0.3 is 75.3 Å². The molecular formula is C87H75N19O24. The zero-order valence-electron chi connectivity index (χ0n) is 67.9. The summed E-state index contributed by atoms with van der Waals surface area (Å²) in [6.07, 6.45) is 26.9. The first-order chi connectivity index (χ1) is 62.6. The third-order valence-electron chi connectivity index (χ3n) is 15.5. The van der Waals surface area contributed by atoms with Crippen LogP contribution in [0.4, 0.5) is 5.69 Å². The Labute approximate surface area is 735 Å². The Hall–Kier alpha value is -18.7. The van der Waals surface area contributed by atoms with Crippen LogP contribution in [-0.2, 0) is 59.2 Å². The maximum atomic E-state index is 12.1. The average Bonchev–Trinajstić information content (AvgIpc) is 0.800. The van der Waals surface area contributed by atoms with Crippen LogP contribution >= 0.6 is 0 Å². The lowest BCUT2D eigenvalue weighted by Gasteiger charge is -2.13. The zero-order chi connectivity index (χ0) is 93.8. The molecule has 0 aliphatic carbocycles. The highest BCUT2D eigenvalue weighted by molar-refractivity contribution is 6.09. The number of ether oxygens (including phenoxy) is 4. The van der Waals surface area contributed by atoms with Crippen LogP contribution in [0.1, 0.15) is 87.1 Å². The minimum Gasteiger partial charge on any atom is -0.481 e. The van der Waals surface area contributed by atoms with Gasteiger partial charge >= 0.3 is 59.8 Å². The molecule has 10 N–H and O–H groups in total. The Bertz CT molecular complexity index is 5760. The van der Waals surface area contributed by atoms with Gasteiger partial charge in [0, 0.05) is 112 Å². The van der Waals surface area contributed by atoms with Crippen LogP contribution in [0.2, 0.25) is 0 Å². The number of likely N-dealkylation sites (N-methyl/N-ethyl adjacent to an activating group) is 1. The fourth-order valence-electron chi connectivity index (χ4n) is 9.80. The molecule has 6 aromatic carbocycles. The molecule has 3 amide bonds. The van der Waals surface area contributed by atoms with E-state index in [0.29, 0.717) is 51.4 Å². The Kier molecular flexibility index (Phi) is 40.8. The third-order valence-corrected chi connectivity index (χ3v) is 15.5. The number of fused-ring (bicyclic) bond motifs is 1. The van der Waals surface area contributed by atoms with Crippen molar-refractivity contribution >= 4 is 87.7 Å². The van der Waals surface area contributed by atoms with Crippen molar-refractivity contribution in [1.29, 1.82) is 0 Å². The summed E-state index contributed by atoms with van der Waals surface area (Å²) in [5, 5.41) is 75.3. The lowest BCUT2D eigenvalue weighted by atomic mass is 10.0. The van der Waals surface area contributed by atoms with Crippen LogP contribution in [0.3, 0.4) is 0 Å². The fourth-order valence-corrected chi connectivity index (χ4v) is 9.80. The largest absolute Gasteiger partial charge is 0.481 e. The molecule has 43 heteroatoms. The first kappa shape index (κ1) is 98.4. The van der Waals surface area contributed by atoms with Gasteiger partial charge in [0.2, 0.25) is 17.6 Å². The zero-order valence-corrected chi connectivity index (χ0v) is 67.9. The van der Waals surface area contributed by atoms with Crippen LogP contribution in [0.5, 0.6) is 46.8 Å². The molecule has 0 atom stereocenters. The molecule has 0 aliphatic heterocycles. The van der Waals surface area contributed by atoms with Crippen LogP contribution in [0, 0.1) is 0 Å². The number of carbonyl (C=O) groups excluding carboxylic acids is 4. The second-order valence-electron chi connectivity index (χ2n) is 25.3. The smallest absolute Gasteiger partial charge is 0.337 e. The lowest BCUT2D eigenvalue weighted by Crippen LogP contribution is -2.32. The van der Waals surface area contributed by atoms with Gasteiger partial charge in [-0.15, -0.1) is 0 Å². The van der Waals surface area contributed by atoms with Crippen molar-refractivity contribution in [2.24, 2.45) is 0 Å². The third kappa shape index (κ3) is 38.5. The number of amides is 3. The van der Waals surface area contributed by atoms with E-state index in [1.54, 1.807) is 171 Å². The number of aromatic nitrogens is 16. The maximum absolute atomic E-state index is 12.1. The van der Waals surface area contributed by atoms with E-state index in [9.17, 15) is 62.6 Å². The topological polar surface area (TPSA) is 637 Å². The Morgan fingerprint density at radius 2 is 0.754 bits per heavy atom. The first-order valence-corrected chi connectivity index (χ1v) is 37.4. The monoisotopic (exact) mass is 1770 g/mol. The molecule has 662 valence electrons. The van der Waals surface area contributed by atoms with Gasteiger partial charge in [0.05, 0.1) is 60.0 Å². The number of carbonyl (C=O) groups is 12. The highest BCUT2D eigenvalue weighted by atomic mass is 16.5. The number of carboxylic acid groups (broad SMARTS) is 8. The molecule has 0 aliphatic rings. The molecule has 14 aromatic rings. The molecule has 43 nitrogen and oxygen atoms in total. The summed E-state index contributed by atoms with van der Waals surface area (Å²) in [4.78, 5) is 192. The summed E-state index contributed by atoms with van der Waals surface area (Å²) in [7, 11) is 1.41. The minimum absolute atomic E-state index is 0.00210. The highest BCUT2D eigenvalue weighted by Gasteiger charge is 2.19. The van der Waals surface area contributed by atoms with Crippen LogP contribution in [0.15, 0.2) is 282 Å². The Morgan fingerprint density at radius 1 is 0.338 bits per heavy atom. The summed E-state index contributed by atoms with van der Waals surface area (Å²) >= 11 is 0. The van der Waals surface area contributed by atoms with E-state index in [0.717, 1.165) is 26.8 Å². The summed E-state index contributed by atoms with van der Waals surface area (Å²) < 4.78 is 21.7. The molecule has 0 spiro atoms. The number of carboxylic acids is 8. The summed E-state index contributed by atoms with van der Waals surface area (Å²) in [6, 6.07) is 46.6. The second kappa shape index (κ2) is 53.9. The van der Waals surface area contributed by atoms with E-state index in [1.807, 2.05) is 24.3 Å². The summed E-state index contributed by atoms with van der Waals surface area (Å²) in [5.41, 5.74) is 3.90. The molecule has 130 heavy (non-hydrogen) atoms. The van der Waals surface area contributed by atoms with Crippen molar-refractivity contribution in [2.75, 3.05) is 25.5 Å². The van der Waals surface area contributed by atoms with Crippen molar-refractivity contribution in [3.8, 4) is 46.8 Å². The highest BCUT2D eigenvalue weighted by Crippen LogP contribution is 2.27. The molecule has 8 heterocycles. The number of aromatic carboxylic acids is 1. The number of nitrogens with zero attached hydrogens (tertiary/aromatic N) is 17. The van der Waals surface area contributed by atoms with Crippen molar-refractivity contribution in [3.05, 3.63) is 333 Å². The van der Waals surface area contributed by atoms with Crippen molar-refractivity contribution in [3.63, 3.8) is 0 Å². The molecule has 0 bridgehead atoms. The van der Waals surface area contributed by atoms with Crippen LogP contribution in [-0.4, -0.2) is 217 Å². The van der Waals surface area contributed by atoms with E-state index in [2.05, 4.69) is 90.4 Å². The van der Waals surface area contributed by atoms with Crippen LogP contribution in [0.25, 0.3) is 10.8 Å². The van der Waals surface area contributed by atoms with E-state index in [-0.39, 0.29) is 91.1 Å². The molecule has 0 unspecified atom stereocenters. The summed E-state index contributed by atoms with van der Waals surface area (Å²) in [5.74, 6) is -6.30. The predicted octanol–water partition coefficient (Wildman–Crippen LogP) is 9.61. The predicted molar refractivity (Wildman–Crippen MR) is 452 cm³/mol. The van der Waals surface area contributed by atoms with E-state index in [4.69, 9.17) is 54.7 Å². The van der Waals surface area contributed by atoms with Crippen molar-refractivity contribution < 1.29 is 117 Å². The Balaban J connectivity index is 0.000000204. The molecule has 0 saturated heterocycles. The number of ketones is 1. The van der Waals surface area contributed by atoms with Gasteiger partial charge in [-0.05, 0) is 112 Å². The fraction of sp³-hybridized carbons (Fsp3) is 0.103. The maximum Gasteiger partial charge on any atom is 0.337 e. The van der Waals surface area contributed by atoms with Crippen molar-refractivity contribution in [2.45, 2.75) is 38.5 Å². The van der Waals surface area contributed by atoms with Gasteiger partial charge in [-0.3, -0.25) is 52.7 Å². The molecular weight excluding hydrogens is 1700 g/mol. The van der Waals surface area contributed by atoms with Crippen LogP contribution < -0.4 is 29.6 Å². The number of nitrogens with one attached hydrogen (secondary N) is 2. The molecule has 14 rings (SSSR count). The van der Waals surface area contributed by atoms with E-state index < -0.39 is 72.0 Å². The number of benzene rings is 6. The molecule has 8 aromatic heterocycles. The molecule has 0 radical (unpaired) electrons. The SMILES string of the molecule is CN(CC(=O)O)C(=O)c1cncnc1.O=C(Nc1cc2ccccc2cc1C(=O)O)c1ncccn1.O=C(O)CCC(=O)c1cncnc1.O=C(O)CNC(=O)c1cncnc1.O=C(O)Cc1ccc(Oc2ccncn2)cc1.O=C(O)Cc1ccc(Oc2ncccn2)cc1.O=C(O)Cc1cccc(Oc2ccncn2)c1.O=C(O)Cc1cccc(Oc2ncccn2)c1. The van der Waals surface area contributed by atoms with Gasteiger partial charge in [0.1, 0.15) is 67.7 Å². The number of rotatable bonds is 29. The summed E-state index contributed by atoms with van der Waals surface area (Å²) in [6.45, 7) is -0.749. The van der Waals surface area contributed by atoms with Gasteiger partial charge in [0.25, 0.3) is 17.7 Å². The van der Waals surface area contributed by atoms with Crippen molar-refractivity contribution in [1.82, 2.24) is 90.0 Å². The van der Waals surface area contributed by atoms with Gasteiger partial charge in [-0.1, -0.05) is 72.8 Å². The average molecular weight is 1770 g/mol. The molecule has 0 saturated carbocycles. The number of aliphatic carboxylic acids is 7. The van der Waals surface area contributed by atoms with E-state index >= 15 is 0 Å². The van der Waals surface area contributed by atoms with E-state index in [1.165, 1.54) is 94.3 Å². The van der Waals surface area contributed by atoms with Gasteiger partial charge in [-0.2, -0.15) is 0 Å². The quantitative estimate of drug-likeness (QED) is 0.0195. The van der Waals surface area contributed by atoms with Gasteiger partial charge in [-0.25, -0.2) is 84.5 Å². The number of anilines is 1. The normalized spacial score (nSPS) is 9.82. The number of hydrogen-bond donors (Lipinski definition) is 10. The standard InChI is InChI=1S/C16H11N3O3.4C12H10N2O3.C8H9N3O3.C8H8N2O3.C7H7N3O3/c20-15(14-17-6-3-7-18-14)19-13-9-11-5-2-1-4-10(11)8-12(13)16(21)22;15-11(16)8-9-2-4-10(5-3-9)17-12-13-6-1-7-14-12;15-12(16)7-9-1-3-10(4-2-9)17-11-5-6-13-8-14-11;15-11(16)8-9-3-1-4-10(7-9)17-12-13-5-2-6-14-12;15-12(16)7-9-2-1-3-10(6-9)17-11-4-5-13-8-14-11;1-11(4-7(12)13)8(14)6-2-9-5-10-3-6;11-7(1-2-8(12)13)6-3-9-5-10-4-6;11-6(12)3-10-7(13)5-1-8-4-9-2-5/h1-9H,(H,19,20)(H,21,22);1-7H,8H2,(H,15,16);1-6,8H,7H2,(H,15,16);1-7H,8H2,(H,15,16);1-6,8H,7H2,(H,15,16);2-3,5H,4H2,1H3,(H,12,13);3-5H,1-2H2,(H,12,13);1-2,4H,3H2,(H,10,13)(H,11,12). The Morgan fingerprint density at radius 3 is 1.18 bits per heavy atom. The van der Waals surface area contributed by atoms with Gasteiger partial charge in [0.15, 0.2) is 5.78 Å². The minimum atomic E-state index is -1.12. The lowest BCUT2D eigenvalue weighted by molar-refractivity contribution is -0.138. The number of Topliss-reactive ketones (excluding diaryl/α,β-unsaturated/α-hetero) is 1. The number of hydrogen-bond acceptors (Lipinski definition) is 32. The second-order valence-corrected chi connectivity index (χ2v) is 25.3. The first-order valence-electron chi connectivity index (χ1n) is 37.4. The molecule has 0 fully saturated rings.